The van der Waals surface area contributed by atoms with Crippen LogP contribution in [0.4, 0.5) is 0 Å². The molecule has 0 heterocycles. The first-order valence-electron chi connectivity index (χ1n) is 3.59. The minimum absolute atomic E-state index is 0. The maximum Gasteiger partial charge on any atom is 0.0943 e. The molecule has 0 bridgehead atoms. The summed E-state index contributed by atoms with van der Waals surface area (Å²) < 4.78 is 5.14. The van der Waals surface area contributed by atoms with Crippen LogP contribution in [0.15, 0.2) is 35.6 Å². The fourth-order valence-electron chi connectivity index (χ4n) is 0.945. The van der Waals surface area contributed by atoms with E-state index in [-0.39, 0.29) is 13.5 Å². The Morgan fingerprint density at radius 2 is 2.17 bits per heavy atom. The highest BCUT2D eigenvalue weighted by Gasteiger charge is 2.02. The van der Waals surface area contributed by atoms with Gasteiger partial charge in [0.1, 0.15) is 0 Å². The Balaban J connectivity index is 0.00000121. The summed E-state index contributed by atoms with van der Waals surface area (Å²) >= 11 is 0. The van der Waals surface area contributed by atoms with E-state index >= 15 is 0 Å². The molecule has 68 valence electrons. The lowest BCUT2D eigenvalue weighted by Crippen LogP contribution is -2.04. The van der Waals surface area contributed by atoms with Crippen LogP contribution in [0, 0.1) is 0 Å². The summed E-state index contributed by atoms with van der Waals surface area (Å²) in [5.74, 6) is 0. The van der Waals surface area contributed by atoms with Crippen molar-refractivity contribution in [3.8, 4) is 0 Å². The molecule has 0 saturated heterocycles. The minimum atomic E-state index is 0. The van der Waals surface area contributed by atoms with Crippen LogP contribution in [0.25, 0.3) is 0 Å². The van der Waals surface area contributed by atoms with Gasteiger partial charge in [0.25, 0.3) is 0 Å². The van der Waals surface area contributed by atoms with Gasteiger partial charge in [0.2, 0.25) is 0 Å². The third-order valence-corrected chi connectivity index (χ3v) is 1.72. The van der Waals surface area contributed by atoms with E-state index in [2.05, 4.69) is 0 Å². The van der Waals surface area contributed by atoms with Gasteiger partial charge >= 0.3 is 0 Å². The van der Waals surface area contributed by atoms with Crippen LogP contribution in [0.2, 0.25) is 0 Å². The number of hydrogen-bond acceptors (Lipinski definition) is 2. The van der Waals surface area contributed by atoms with Gasteiger partial charge in [0.15, 0.2) is 0 Å². The fourth-order valence-corrected chi connectivity index (χ4v) is 0.945. The lowest BCUT2D eigenvalue weighted by Gasteiger charge is -2.04. The van der Waals surface area contributed by atoms with Crippen molar-refractivity contribution in [2.45, 2.75) is 20.5 Å². The zero-order valence-electron chi connectivity index (χ0n) is 6.87. The lowest BCUT2D eigenvalue weighted by atomic mass is 10.2. The van der Waals surface area contributed by atoms with Crippen LogP contribution in [-0.4, -0.2) is 13.2 Å². The summed E-state index contributed by atoms with van der Waals surface area (Å²) in [7, 11) is 1.68. The van der Waals surface area contributed by atoms with E-state index in [1.807, 2.05) is 31.2 Å². The van der Waals surface area contributed by atoms with Crippen LogP contribution in [0.3, 0.4) is 0 Å². The molecule has 2 nitrogen and oxygen atoms in total. The van der Waals surface area contributed by atoms with Crippen molar-refractivity contribution in [2.75, 3.05) is 7.11 Å². The number of rotatable bonds is 1. The number of allylic oxidation sites excluding steroid dienone is 3. The van der Waals surface area contributed by atoms with Gasteiger partial charge in [0.05, 0.1) is 6.10 Å². The van der Waals surface area contributed by atoms with Gasteiger partial charge in [0, 0.05) is 12.8 Å². The first-order valence-corrected chi connectivity index (χ1v) is 3.59. The Morgan fingerprint density at radius 1 is 1.50 bits per heavy atom. The maximum absolute atomic E-state index is 5.68. The summed E-state index contributed by atoms with van der Waals surface area (Å²) in [4.78, 5) is 0. The van der Waals surface area contributed by atoms with Gasteiger partial charge in [-0.1, -0.05) is 19.6 Å². The Kier molecular flexibility index (Phi) is 4.37. The Bertz CT molecular complexity index is 226. The monoisotopic (exact) mass is 167 g/mol. The molecule has 2 N–H and O–H groups in total. The molecule has 1 rings (SSSR count). The van der Waals surface area contributed by atoms with E-state index in [0.29, 0.717) is 0 Å². The zero-order chi connectivity index (χ0) is 8.27. The van der Waals surface area contributed by atoms with Gasteiger partial charge < -0.3 is 10.5 Å². The second-order valence-corrected chi connectivity index (χ2v) is 2.56. The van der Waals surface area contributed by atoms with Gasteiger partial charge in [-0.25, -0.2) is 0 Å². The number of ether oxygens (including phenoxy) is 1. The van der Waals surface area contributed by atoms with Crippen molar-refractivity contribution in [3.05, 3.63) is 35.6 Å². The molecule has 0 saturated carbocycles. The molecule has 1 aliphatic rings. The highest BCUT2D eigenvalue weighted by Crippen LogP contribution is 2.10. The van der Waals surface area contributed by atoms with Crippen molar-refractivity contribution in [2.24, 2.45) is 5.73 Å². The molecule has 1 aliphatic carbocycles. The van der Waals surface area contributed by atoms with Crippen molar-refractivity contribution in [1.29, 1.82) is 0 Å². The molecule has 0 aliphatic heterocycles. The number of methoxy groups -OCH3 is 1. The van der Waals surface area contributed by atoms with E-state index in [0.717, 1.165) is 11.3 Å². The third kappa shape index (κ3) is 2.55. The smallest absolute Gasteiger partial charge is 0.0943 e. The summed E-state index contributed by atoms with van der Waals surface area (Å²) in [6, 6.07) is 0. The Hall–Kier alpha value is -1.02. The molecule has 0 amide bonds. The predicted molar refractivity (Wildman–Crippen MR) is 52.7 cm³/mol. The largest absolute Gasteiger partial charge is 0.399 e. The Labute approximate surface area is 74.4 Å². The quantitative estimate of drug-likeness (QED) is 0.648. The maximum atomic E-state index is 5.68. The van der Waals surface area contributed by atoms with Gasteiger partial charge in [-0.3, -0.25) is 0 Å². The molecular weight excluding hydrogens is 150 g/mol. The van der Waals surface area contributed by atoms with Gasteiger partial charge in [-0.15, -0.1) is 0 Å². The molecule has 1 atom stereocenters. The van der Waals surface area contributed by atoms with E-state index in [1.165, 1.54) is 0 Å². The van der Waals surface area contributed by atoms with Crippen LogP contribution in [0.5, 0.6) is 0 Å². The highest BCUT2D eigenvalue weighted by molar-refractivity contribution is 5.34. The topological polar surface area (TPSA) is 35.2 Å². The first kappa shape index (κ1) is 11.0. The average molecular weight is 167 g/mol. The normalized spacial score (nSPS) is 22.0. The average Bonchev–Trinajstić information content (AvgIpc) is 2.15. The molecular formula is C10H17NO. The van der Waals surface area contributed by atoms with Crippen LogP contribution >= 0.6 is 0 Å². The molecule has 0 radical (unpaired) electrons. The molecule has 0 aromatic rings. The molecule has 0 spiro atoms. The van der Waals surface area contributed by atoms with Crippen LogP contribution < -0.4 is 5.73 Å². The minimum Gasteiger partial charge on any atom is -0.399 e. The molecule has 0 aromatic heterocycles. The summed E-state index contributed by atoms with van der Waals surface area (Å²) in [5, 5.41) is 0. The van der Waals surface area contributed by atoms with Crippen molar-refractivity contribution in [3.63, 3.8) is 0 Å². The third-order valence-electron chi connectivity index (χ3n) is 1.72. The standard InChI is InChI=1S/C9H13NO.CH4/c1-7-6-8(11-2)4-3-5-9(7)10;/h3-6,8H,10H2,1-2H3;1H4. The van der Waals surface area contributed by atoms with Gasteiger partial charge in [-0.05, 0) is 24.6 Å². The van der Waals surface area contributed by atoms with E-state index in [4.69, 9.17) is 10.5 Å². The molecule has 1 unspecified atom stereocenters. The number of hydrogen-bond donors (Lipinski definition) is 1. The first-order chi connectivity index (χ1) is 5.24. The van der Waals surface area contributed by atoms with Crippen molar-refractivity contribution < 1.29 is 4.74 Å². The fraction of sp³-hybridized carbons (Fsp3) is 0.400. The van der Waals surface area contributed by atoms with Gasteiger partial charge in [-0.2, -0.15) is 0 Å². The van der Waals surface area contributed by atoms with E-state index < -0.39 is 0 Å². The van der Waals surface area contributed by atoms with Crippen LogP contribution in [0.1, 0.15) is 14.4 Å². The molecule has 12 heavy (non-hydrogen) atoms. The van der Waals surface area contributed by atoms with E-state index in [1.54, 1.807) is 7.11 Å². The predicted octanol–water partition coefficient (Wildman–Crippen LogP) is 2.00. The number of nitrogens with two attached hydrogens (primary N) is 1. The second kappa shape index (κ2) is 4.78. The summed E-state index contributed by atoms with van der Waals surface area (Å²) in [6.07, 6.45) is 7.81. The SMILES string of the molecule is C.COC1C=CC=C(N)C(C)=C1. The van der Waals surface area contributed by atoms with Crippen molar-refractivity contribution >= 4 is 0 Å². The molecule has 0 aromatic carbocycles. The second-order valence-electron chi connectivity index (χ2n) is 2.56. The Morgan fingerprint density at radius 3 is 2.75 bits per heavy atom. The van der Waals surface area contributed by atoms with Crippen molar-refractivity contribution in [1.82, 2.24) is 0 Å². The summed E-state index contributed by atoms with van der Waals surface area (Å²) in [6.45, 7) is 1.98. The summed E-state index contributed by atoms with van der Waals surface area (Å²) in [5.41, 5.74) is 7.56. The molecule has 0 fully saturated rings. The lowest BCUT2D eigenvalue weighted by molar-refractivity contribution is 0.177. The molecule has 2 heteroatoms. The van der Waals surface area contributed by atoms with E-state index in [9.17, 15) is 0 Å². The highest BCUT2D eigenvalue weighted by atomic mass is 16.5. The van der Waals surface area contributed by atoms with Crippen LogP contribution in [-0.2, 0) is 4.74 Å². The zero-order valence-corrected chi connectivity index (χ0v) is 6.87.